The molecule has 1 aromatic carbocycles. The van der Waals surface area contributed by atoms with Gasteiger partial charge in [-0.3, -0.25) is 9.59 Å². The molecule has 9 nitrogen and oxygen atoms in total. The number of hydrogen-bond donors (Lipinski definition) is 1. The van der Waals surface area contributed by atoms with Crippen molar-refractivity contribution in [1.29, 1.82) is 0 Å². The molecule has 1 atom stereocenters. The first-order valence-corrected chi connectivity index (χ1v) is 13.9. The number of rotatable bonds is 5. The number of ether oxygens (including phenoxy) is 1. The second-order valence-corrected chi connectivity index (χ2v) is 11.6. The Balaban J connectivity index is 1.32. The number of likely N-dealkylation sites (tertiary alicyclic amines) is 1. The van der Waals surface area contributed by atoms with Gasteiger partial charge < -0.3 is 15.0 Å². The number of aromatic nitrogens is 4. The lowest BCUT2D eigenvalue weighted by molar-refractivity contribution is -0.124. The molecule has 0 aliphatic carbocycles. The predicted molar refractivity (Wildman–Crippen MR) is 148 cm³/mol. The number of hydrogen-bond acceptors (Lipinski definition) is 8. The fraction of sp³-hybridized carbons (Fsp3) is 0.310. The maximum atomic E-state index is 13.6. The molecule has 6 rings (SSSR count). The first-order chi connectivity index (χ1) is 19.5. The van der Waals surface area contributed by atoms with Gasteiger partial charge in [0, 0.05) is 46.8 Å². The lowest BCUT2D eigenvalue weighted by atomic mass is 9.70. The zero-order valence-corrected chi connectivity index (χ0v) is 23.3. The van der Waals surface area contributed by atoms with E-state index in [1.807, 2.05) is 45.0 Å². The van der Waals surface area contributed by atoms with Crippen LogP contribution in [-0.2, 0) is 4.79 Å². The number of aryl methyl sites for hydroxylation is 1. The summed E-state index contributed by atoms with van der Waals surface area (Å²) in [6.45, 7) is 5.03. The van der Waals surface area contributed by atoms with Gasteiger partial charge in [-0.05, 0) is 31.2 Å². The maximum absolute atomic E-state index is 13.6. The first-order valence-electron chi connectivity index (χ1n) is 13.0. The van der Waals surface area contributed by atoms with E-state index in [-0.39, 0.29) is 18.9 Å². The third kappa shape index (κ3) is 5.03. The van der Waals surface area contributed by atoms with Crippen LogP contribution >= 0.6 is 11.3 Å². The van der Waals surface area contributed by atoms with Gasteiger partial charge in [0.1, 0.15) is 5.51 Å². The molecule has 3 aromatic heterocycles. The van der Waals surface area contributed by atoms with E-state index < -0.39 is 29.7 Å². The Labute approximate surface area is 238 Å². The number of pyridine rings is 2. The zero-order valence-electron chi connectivity index (χ0n) is 22.5. The van der Waals surface area contributed by atoms with Crippen LogP contribution in [0.25, 0.3) is 11.3 Å². The van der Waals surface area contributed by atoms with Crippen LogP contribution in [0.5, 0.6) is 11.8 Å². The van der Waals surface area contributed by atoms with E-state index in [4.69, 9.17) is 9.72 Å². The number of fused-ring (bicyclic) bond motifs is 2. The topological polar surface area (TPSA) is 110 Å². The molecule has 5 heterocycles. The summed E-state index contributed by atoms with van der Waals surface area (Å²) in [6, 6.07) is 14.2. The van der Waals surface area contributed by atoms with E-state index in [1.165, 1.54) is 16.2 Å². The molecule has 0 bridgehead atoms. The van der Waals surface area contributed by atoms with Crippen LogP contribution in [0.15, 0.2) is 54.0 Å². The van der Waals surface area contributed by atoms with Crippen LogP contribution < -0.4 is 10.1 Å². The maximum Gasteiger partial charge on any atom is 0.267 e. The Bertz CT molecular complexity index is 1640. The fourth-order valence-corrected chi connectivity index (χ4v) is 5.73. The van der Waals surface area contributed by atoms with Crippen molar-refractivity contribution in [3.05, 3.63) is 76.4 Å². The zero-order chi connectivity index (χ0) is 28.9. The molecule has 2 aliphatic heterocycles. The third-order valence-electron chi connectivity index (χ3n) is 7.51. The van der Waals surface area contributed by atoms with E-state index in [2.05, 4.69) is 20.5 Å². The first kappa shape index (κ1) is 26.9. The standard InChI is InChI=1S/C29H26F2N6O3S/c1-16-4-9-19-22(28(2,3)26(39)35-27-36-32-15-41-27)20-10-11-21(34-24(20)40-23(19)33-16)17-5-7-18(8-6-17)25(38)37-13-12-29(30,31)14-37/h4-11,15,22H,12-14H2,1-3H3,(H,35,36,39)/t22-/m0/s1. The number of nitrogens with zero attached hydrogens (tertiary/aromatic N) is 5. The van der Waals surface area contributed by atoms with Gasteiger partial charge in [0.05, 0.1) is 17.7 Å². The smallest absolute Gasteiger partial charge is 0.267 e. The van der Waals surface area contributed by atoms with Crippen molar-refractivity contribution in [2.45, 2.75) is 39.0 Å². The molecule has 1 saturated heterocycles. The lowest BCUT2D eigenvalue weighted by Gasteiger charge is -2.37. The lowest BCUT2D eigenvalue weighted by Crippen LogP contribution is -2.38. The largest absolute Gasteiger partial charge is 0.420 e. The van der Waals surface area contributed by atoms with Gasteiger partial charge in [0.25, 0.3) is 11.8 Å². The summed E-state index contributed by atoms with van der Waals surface area (Å²) < 4.78 is 33.4. The number of nitrogens with one attached hydrogen (secondary N) is 1. The van der Waals surface area contributed by atoms with Gasteiger partial charge in [-0.2, -0.15) is 0 Å². The molecule has 0 spiro atoms. The van der Waals surface area contributed by atoms with Crippen LogP contribution in [0.1, 0.15) is 53.4 Å². The second kappa shape index (κ2) is 9.95. The Morgan fingerprint density at radius 1 is 1.05 bits per heavy atom. The normalized spacial score (nSPS) is 17.4. The summed E-state index contributed by atoms with van der Waals surface area (Å²) in [7, 11) is 0. The molecular formula is C29H26F2N6O3S. The summed E-state index contributed by atoms with van der Waals surface area (Å²) in [6.07, 6.45) is -0.324. The van der Waals surface area contributed by atoms with Crippen LogP contribution in [0, 0.1) is 12.3 Å². The molecule has 210 valence electrons. The Hall–Kier alpha value is -4.32. The number of carbonyl (C=O) groups excluding carboxylic acids is 2. The molecule has 0 saturated carbocycles. The molecule has 2 aliphatic rings. The average Bonchev–Trinajstić information content (AvgIpc) is 3.59. The van der Waals surface area contributed by atoms with Crippen molar-refractivity contribution in [3.63, 3.8) is 0 Å². The van der Waals surface area contributed by atoms with Gasteiger partial charge in [0.2, 0.25) is 22.8 Å². The number of anilines is 1. The molecule has 2 amide bonds. The Morgan fingerprint density at radius 2 is 1.76 bits per heavy atom. The highest BCUT2D eigenvalue weighted by molar-refractivity contribution is 7.13. The van der Waals surface area contributed by atoms with Crippen LogP contribution in [0.2, 0.25) is 0 Å². The monoisotopic (exact) mass is 576 g/mol. The number of halogens is 2. The van der Waals surface area contributed by atoms with E-state index in [0.717, 1.165) is 16.8 Å². The van der Waals surface area contributed by atoms with Crippen LogP contribution in [-0.4, -0.2) is 55.9 Å². The highest BCUT2D eigenvalue weighted by Gasteiger charge is 2.45. The van der Waals surface area contributed by atoms with Crippen molar-refractivity contribution >= 4 is 28.3 Å². The molecule has 41 heavy (non-hydrogen) atoms. The number of benzene rings is 1. The quantitative estimate of drug-likeness (QED) is 0.325. The minimum absolute atomic E-state index is 0.0303. The van der Waals surface area contributed by atoms with Gasteiger partial charge in [-0.15, -0.1) is 10.2 Å². The molecule has 1 fully saturated rings. The number of carbonyl (C=O) groups is 2. The highest BCUT2D eigenvalue weighted by atomic mass is 32.1. The van der Waals surface area contributed by atoms with E-state index >= 15 is 0 Å². The van der Waals surface area contributed by atoms with Crippen LogP contribution in [0.3, 0.4) is 0 Å². The number of alkyl halides is 2. The number of amides is 2. The van der Waals surface area contributed by atoms with E-state index in [1.54, 1.807) is 29.8 Å². The highest BCUT2D eigenvalue weighted by Crippen LogP contribution is 2.51. The Kier molecular flexibility index (Phi) is 6.52. The van der Waals surface area contributed by atoms with Gasteiger partial charge in [-0.25, -0.2) is 18.7 Å². The van der Waals surface area contributed by atoms with E-state index in [0.29, 0.717) is 33.7 Å². The molecular weight excluding hydrogens is 550 g/mol. The summed E-state index contributed by atoms with van der Waals surface area (Å²) in [5.74, 6) is -3.23. The van der Waals surface area contributed by atoms with Gasteiger partial charge in [-0.1, -0.05) is 49.4 Å². The minimum atomic E-state index is -2.85. The minimum Gasteiger partial charge on any atom is -0.420 e. The molecule has 12 heteroatoms. The molecule has 0 radical (unpaired) electrons. The van der Waals surface area contributed by atoms with Crippen molar-refractivity contribution in [2.75, 3.05) is 18.4 Å². The molecule has 0 unspecified atom stereocenters. The van der Waals surface area contributed by atoms with Crippen molar-refractivity contribution in [3.8, 4) is 23.0 Å². The van der Waals surface area contributed by atoms with Crippen LogP contribution in [0.4, 0.5) is 13.9 Å². The Morgan fingerprint density at radius 3 is 2.41 bits per heavy atom. The van der Waals surface area contributed by atoms with Crippen molar-refractivity contribution in [2.24, 2.45) is 5.41 Å². The van der Waals surface area contributed by atoms with Crippen molar-refractivity contribution in [1.82, 2.24) is 25.1 Å². The van der Waals surface area contributed by atoms with Gasteiger partial charge >= 0.3 is 0 Å². The second-order valence-electron chi connectivity index (χ2n) is 10.8. The summed E-state index contributed by atoms with van der Waals surface area (Å²) >= 11 is 1.24. The van der Waals surface area contributed by atoms with Crippen molar-refractivity contribution < 1.29 is 23.1 Å². The third-order valence-corrected chi connectivity index (χ3v) is 8.11. The molecule has 4 aromatic rings. The summed E-state index contributed by atoms with van der Waals surface area (Å²) in [4.78, 5) is 36.7. The molecule has 1 N–H and O–H groups in total. The van der Waals surface area contributed by atoms with E-state index in [9.17, 15) is 18.4 Å². The van der Waals surface area contributed by atoms with Gasteiger partial charge in [0.15, 0.2) is 0 Å². The summed E-state index contributed by atoms with van der Waals surface area (Å²) in [5, 5.41) is 11.0. The summed E-state index contributed by atoms with van der Waals surface area (Å²) in [5.41, 5.74) is 4.48. The predicted octanol–water partition coefficient (Wildman–Crippen LogP) is 5.69. The average molecular weight is 577 g/mol. The SMILES string of the molecule is Cc1ccc2c(n1)Oc1nc(-c3ccc(C(=O)N4CCC(F)(F)C4)cc3)ccc1[C@H]2C(C)(C)C(=O)Nc1nncs1. The fourth-order valence-electron chi connectivity index (χ4n) is 5.29.